The number of ether oxygens (including phenoxy) is 1. The van der Waals surface area contributed by atoms with Gasteiger partial charge in [-0.1, -0.05) is 59.1 Å². The van der Waals surface area contributed by atoms with Gasteiger partial charge in [-0.05, 0) is 65.4 Å². The first-order valence-corrected chi connectivity index (χ1v) is 11.2. The number of amides is 2. The first-order chi connectivity index (χ1) is 15.3. The van der Waals surface area contributed by atoms with E-state index in [4.69, 9.17) is 39.5 Å². The minimum atomic E-state index is -0.489. The van der Waals surface area contributed by atoms with Crippen LogP contribution in [0.1, 0.15) is 11.1 Å². The van der Waals surface area contributed by atoms with Crippen molar-refractivity contribution < 1.29 is 18.7 Å². The normalized spacial score (nSPS) is 15.0. The van der Waals surface area contributed by atoms with Gasteiger partial charge in [-0.2, -0.15) is 0 Å². The highest BCUT2D eigenvalue weighted by Gasteiger charge is 2.37. The number of hydrogen-bond donors (Lipinski definition) is 0. The van der Waals surface area contributed by atoms with E-state index in [0.29, 0.717) is 16.3 Å². The fraction of sp³-hybridized carbons (Fsp3) is 0.0435. The van der Waals surface area contributed by atoms with Crippen molar-refractivity contribution in [2.75, 3.05) is 4.90 Å². The van der Waals surface area contributed by atoms with Crippen molar-refractivity contribution in [3.63, 3.8) is 0 Å². The number of thioether (sulfide) groups is 1. The van der Waals surface area contributed by atoms with Gasteiger partial charge in [-0.25, -0.2) is 9.29 Å². The third-order valence-corrected chi connectivity index (χ3v) is 6.25. The lowest BCUT2D eigenvalue weighted by atomic mass is 10.2. The van der Waals surface area contributed by atoms with Crippen molar-refractivity contribution in [1.82, 2.24) is 0 Å². The highest BCUT2D eigenvalue weighted by atomic mass is 35.5. The van der Waals surface area contributed by atoms with Crippen LogP contribution in [-0.2, 0) is 11.4 Å². The number of carbonyl (C=O) groups excluding carboxylic acids is 2. The molecule has 0 N–H and O–H groups in total. The molecule has 162 valence electrons. The Bertz CT molecular complexity index is 1220. The number of para-hydroxylation sites is 1. The van der Waals surface area contributed by atoms with E-state index in [-0.39, 0.29) is 33.1 Å². The first-order valence-electron chi connectivity index (χ1n) is 9.22. The molecule has 1 aliphatic heterocycles. The van der Waals surface area contributed by atoms with E-state index in [1.165, 1.54) is 18.2 Å². The van der Waals surface area contributed by atoms with Crippen molar-refractivity contribution in [3.8, 4) is 5.75 Å². The van der Waals surface area contributed by atoms with E-state index < -0.39 is 11.1 Å². The van der Waals surface area contributed by atoms with E-state index in [1.807, 2.05) is 0 Å². The van der Waals surface area contributed by atoms with Crippen LogP contribution in [0.4, 0.5) is 14.9 Å². The molecule has 3 aromatic rings. The first kappa shape index (κ1) is 22.7. The highest BCUT2D eigenvalue weighted by Crippen LogP contribution is 2.40. The number of hydrogen-bond acceptors (Lipinski definition) is 4. The minimum Gasteiger partial charge on any atom is -0.486 e. The molecule has 0 aromatic heterocycles. The molecular formula is C23H13Cl3FNO3S. The fourth-order valence-corrected chi connectivity index (χ4v) is 4.66. The molecule has 1 fully saturated rings. The van der Waals surface area contributed by atoms with Gasteiger partial charge in [-0.3, -0.25) is 9.59 Å². The molecule has 32 heavy (non-hydrogen) atoms. The molecule has 0 spiro atoms. The van der Waals surface area contributed by atoms with Gasteiger partial charge in [-0.15, -0.1) is 0 Å². The van der Waals surface area contributed by atoms with Gasteiger partial charge in [0.25, 0.3) is 11.1 Å². The zero-order chi connectivity index (χ0) is 22.8. The van der Waals surface area contributed by atoms with Crippen LogP contribution in [0, 0.1) is 5.82 Å². The third kappa shape index (κ3) is 4.79. The lowest BCUT2D eigenvalue weighted by molar-refractivity contribution is -0.113. The predicted molar refractivity (Wildman–Crippen MR) is 127 cm³/mol. The summed E-state index contributed by atoms with van der Waals surface area (Å²) in [7, 11) is 0. The molecule has 0 saturated carbocycles. The maximum atomic E-state index is 13.0. The van der Waals surface area contributed by atoms with Crippen molar-refractivity contribution >= 4 is 69.5 Å². The third-order valence-electron chi connectivity index (χ3n) is 4.50. The van der Waals surface area contributed by atoms with E-state index in [2.05, 4.69) is 0 Å². The maximum Gasteiger partial charge on any atom is 0.298 e. The summed E-state index contributed by atoms with van der Waals surface area (Å²) in [6.07, 6.45) is 1.53. The van der Waals surface area contributed by atoms with E-state index in [1.54, 1.807) is 48.5 Å². The molecule has 0 unspecified atom stereocenters. The summed E-state index contributed by atoms with van der Waals surface area (Å²) in [6.45, 7) is 0.149. The second-order valence-corrected chi connectivity index (χ2v) is 8.91. The molecule has 2 amide bonds. The van der Waals surface area contributed by atoms with Gasteiger partial charge in [0.05, 0.1) is 25.7 Å². The summed E-state index contributed by atoms with van der Waals surface area (Å²) >= 11 is 19.6. The Morgan fingerprint density at radius 2 is 1.59 bits per heavy atom. The van der Waals surface area contributed by atoms with Crippen LogP contribution in [-0.4, -0.2) is 11.1 Å². The van der Waals surface area contributed by atoms with E-state index in [0.717, 1.165) is 22.2 Å². The van der Waals surface area contributed by atoms with Crippen LogP contribution >= 0.6 is 46.6 Å². The van der Waals surface area contributed by atoms with E-state index in [9.17, 15) is 14.0 Å². The number of benzene rings is 3. The van der Waals surface area contributed by atoms with Crippen molar-refractivity contribution in [2.45, 2.75) is 6.61 Å². The summed E-state index contributed by atoms with van der Waals surface area (Å²) in [5, 5.41) is 0.308. The molecule has 1 aliphatic rings. The van der Waals surface area contributed by atoms with Gasteiger partial charge in [0.2, 0.25) is 0 Å². The molecule has 0 aliphatic carbocycles. The lowest BCUT2D eigenvalue weighted by Gasteiger charge is -2.13. The summed E-state index contributed by atoms with van der Waals surface area (Å²) < 4.78 is 18.7. The number of imide groups is 1. The summed E-state index contributed by atoms with van der Waals surface area (Å²) in [4.78, 5) is 26.5. The smallest absolute Gasteiger partial charge is 0.298 e. The molecule has 0 radical (unpaired) electrons. The summed E-state index contributed by atoms with van der Waals surface area (Å²) in [5.41, 5.74) is 1.59. The van der Waals surface area contributed by atoms with Gasteiger partial charge in [0, 0.05) is 0 Å². The molecule has 0 bridgehead atoms. The number of rotatable bonds is 5. The maximum absolute atomic E-state index is 13.0. The Labute approximate surface area is 202 Å². The SMILES string of the molecule is O=C1S/C(=C\c2cc(Cl)c(OCc3ccc(F)cc3)c(Cl)c2)C(=O)N1c1ccccc1Cl. The number of halogens is 4. The molecular weight excluding hydrogens is 496 g/mol. The Morgan fingerprint density at radius 3 is 2.25 bits per heavy atom. The van der Waals surface area contributed by atoms with Crippen LogP contribution in [0.3, 0.4) is 0 Å². The predicted octanol–water partition coefficient (Wildman–Crippen LogP) is 7.61. The number of anilines is 1. The molecule has 0 atom stereocenters. The largest absolute Gasteiger partial charge is 0.486 e. The van der Waals surface area contributed by atoms with Crippen LogP contribution in [0.25, 0.3) is 6.08 Å². The topological polar surface area (TPSA) is 46.6 Å². The van der Waals surface area contributed by atoms with Crippen LogP contribution in [0.15, 0.2) is 65.6 Å². The average molecular weight is 509 g/mol. The molecule has 4 nitrogen and oxygen atoms in total. The van der Waals surface area contributed by atoms with Crippen LogP contribution in [0.5, 0.6) is 5.75 Å². The van der Waals surface area contributed by atoms with Gasteiger partial charge < -0.3 is 4.74 Å². The lowest BCUT2D eigenvalue weighted by Crippen LogP contribution is -2.27. The van der Waals surface area contributed by atoms with Gasteiger partial charge in [0.15, 0.2) is 5.75 Å². The standard InChI is InChI=1S/C23H13Cl3FNO3S/c24-16-3-1-2-4-19(16)28-22(29)20(32-23(28)30)11-14-9-17(25)21(18(26)10-14)31-12-13-5-7-15(27)8-6-13/h1-11H,12H2/b20-11-. The Balaban J connectivity index is 1.55. The number of nitrogens with zero attached hydrogens (tertiary/aromatic N) is 1. The van der Waals surface area contributed by atoms with Crippen molar-refractivity contribution in [1.29, 1.82) is 0 Å². The van der Waals surface area contributed by atoms with Crippen molar-refractivity contribution in [2.24, 2.45) is 0 Å². The van der Waals surface area contributed by atoms with Crippen LogP contribution in [0.2, 0.25) is 15.1 Å². The Hall–Kier alpha value is -2.51. The Kier molecular flexibility index (Phi) is 6.76. The number of carbonyl (C=O) groups is 2. The van der Waals surface area contributed by atoms with Crippen LogP contribution < -0.4 is 9.64 Å². The molecule has 1 heterocycles. The summed E-state index contributed by atoms with van der Waals surface area (Å²) in [5.74, 6) is -0.566. The zero-order valence-electron chi connectivity index (χ0n) is 16.2. The second kappa shape index (κ2) is 9.55. The van der Waals surface area contributed by atoms with Crippen molar-refractivity contribution in [3.05, 3.63) is 97.6 Å². The molecule has 4 rings (SSSR count). The second-order valence-electron chi connectivity index (χ2n) is 6.70. The van der Waals surface area contributed by atoms with Gasteiger partial charge >= 0.3 is 0 Å². The zero-order valence-corrected chi connectivity index (χ0v) is 19.2. The quantitative estimate of drug-likeness (QED) is 0.333. The van der Waals surface area contributed by atoms with E-state index >= 15 is 0 Å². The monoisotopic (exact) mass is 507 g/mol. The highest BCUT2D eigenvalue weighted by molar-refractivity contribution is 8.19. The van der Waals surface area contributed by atoms with Gasteiger partial charge in [0.1, 0.15) is 12.4 Å². The Morgan fingerprint density at radius 1 is 0.938 bits per heavy atom. The molecule has 3 aromatic carbocycles. The minimum absolute atomic E-state index is 0.149. The fourth-order valence-electron chi connectivity index (χ4n) is 3.00. The average Bonchev–Trinajstić information content (AvgIpc) is 3.02. The molecule has 1 saturated heterocycles. The summed E-state index contributed by atoms with van der Waals surface area (Å²) in [6, 6.07) is 15.6. The molecule has 9 heteroatoms.